The number of benzene rings is 2. The molecule has 2 aromatic carbocycles. The molecule has 0 radical (unpaired) electrons. The summed E-state index contributed by atoms with van der Waals surface area (Å²) in [6.07, 6.45) is 5.74. The Labute approximate surface area is 220 Å². The normalized spacial score (nSPS) is 21.8. The van der Waals surface area contributed by atoms with Gasteiger partial charge in [-0.25, -0.2) is 9.64 Å². The highest BCUT2D eigenvalue weighted by atomic mass is 16.5. The number of amides is 2. The summed E-state index contributed by atoms with van der Waals surface area (Å²) in [5.74, 6) is 1.13. The van der Waals surface area contributed by atoms with Crippen LogP contribution < -0.4 is 15.4 Å². The van der Waals surface area contributed by atoms with Crippen molar-refractivity contribution in [3.8, 4) is 11.8 Å². The number of nitrogens with zero attached hydrogens (tertiary/aromatic N) is 3. The molecule has 1 heterocycles. The molecule has 0 spiro atoms. The van der Waals surface area contributed by atoms with Gasteiger partial charge in [-0.15, -0.1) is 0 Å². The molecule has 2 fully saturated rings. The predicted octanol–water partition coefficient (Wildman–Crippen LogP) is 5.28. The van der Waals surface area contributed by atoms with Crippen molar-refractivity contribution >= 4 is 11.7 Å². The first-order valence-corrected chi connectivity index (χ1v) is 13.4. The number of carbonyl (C=O) groups is 1. The molecular formula is C30H37N5O2. The lowest BCUT2D eigenvalue weighted by atomic mass is 9.59. The fourth-order valence-corrected chi connectivity index (χ4v) is 6.33. The summed E-state index contributed by atoms with van der Waals surface area (Å²) in [6, 6.07) is 20.2. The van der Waals surface area contributed by atoms with Crippen LogP contribution in [0, 0.1) is 29.7 Å². The van der Waals surface area contributed by atoms with E-state index < -0.39 is 5.41 Å². The van der Waals surface area contributed by atoms with E-state index in [0.29, 0.717) is 12.3 Å². The average Bonchev–Trinajstić information content (AvgIpc) is 3.41. The van der Waals surface area contributed by atoms with E-state index in [4.69, 9.17) is 11.3 Å². The third-order valence-corrected chi connectivity index (χ3v) is 8.17. The number of hydrogen-bond donors (Lipinski definition) is 2. The van der Waals surface area contributed by atoms with Crippen molar-refractivity contribution < 1.29 is 9.53 Å². The number of nitriles is 1. The van der Waals surface area contributed by atoms with Gasteiger partial charge in [0.1, 0.15) is 5.75 Å². The van der Waals surface area contributed by atoms with E-state index >= 15 is 0 Å². The summed E-state index contributed by atoms with van der Waals surface area (Å²) in [5.41, 5.74) is 1.09. The zero-order chi connectivity index (χ0) is 26.1. The fraction of sp³-hybridized carbons (Fsp3) is 0.500. The molecule has 1 aliphatic heterocycles. The van der Waals surface area contributed by atoms with Gasteiger partial charge in [0, 0.05) is 25.6 Å². The summed E-state index contributed by atoms with van der Waals surface area (Å²) in [5, 5.41) is 16.6. The van der Waals surface area contributed by atoms with E-state index in [-0.39, 0.29) is 23.9 Å². The number of urea groups is 1. The summed E-state index contributed by atoms with van der Waals surface area (Å²) in [4.78, 5) is 18.1. The van der Waals surface area contributed by atoms with Gasteiger partial charge in [-0.05, 0) is 68.8 Å². The lowest BCUT2D eigenvalue weighted by Gasteiger charge is -2.46. The highest BCUT2D eigenvalue weighted by Gasteiger charge is 2.52. The molecule has 3 atom stereocenters. The topological polar surface area (TPSA) is 81.8 Å². The molecule has 2 unspecified atom stereocenters. The standard InChI is InChI=1S/C30H37N5O2/c1-32-25-12-14-26(15-13-25)37-21-7-18-35-19-16-24(17-20-35)30(22-31,23-8-4-3-5-9-23)27-10-6-11-28(27)34-29(36)33-2/h3-5,8-9,12-15,24,27-28H,6-7,10-11,16-21H2,2H3,(H2,33,34,36)/t27-,28?,30?/m1/s1. The first-order valence-electron chi connectivity index (χ1n) is 13.4. The zero-order valence-corrected chi connectivity index (χ0v) is 21.7. The number of nitrogens with one attached hydrogen (secondary N) is 2. The minimum absolute atomic E-state index is 0.00108. The second kappa shape index (κ2) is 12.6. The summed E-state index contributed by atoms with van der Waals surface area (Å²) in [7, 11) is 1.64. The Kier molecular flexibility index (Phi) is 9.04. The quantitative estimate of drug-likeness (QED) is 0.363. The molecule has 2 aliphatic rings. The van der Waals surface area contributed by atoms with Crippen LogP contribution in [-0.4, -0.2) is 50.3 Å². The van der Waals surface area contributed by atoms with Gasteiger partial charge in [0.2, 0.25) is 0 Å². The summed E-state index contributed by atoms with van der Waals surface area (Å²) < 4.78 is 5.86. The van der Waals surface area contributed by atoms with E-state index in [2.05, 4.69) is 38.6 Å². The Morgan fingerprint density at radius 2 is 1.86 bits per heavy atom. The van der Waals surface area contributed by atoms with Crippen LogP contribution in [0.2, 0.25) is 0 Å². The lowest BCUT2D eigenvalue weighted by molar-refractivity contribution is 0.107. The van der Waals surface area contributed by atoms with E-state index in [1.807, 2.05) is 30.3 Å². The number of ether oxygens (including phenoxy) is 1. The minimum atomic E-state index is -0.615. The zero-order valence-electron chi connectivity index (χ0n) is 21.7. The predicted molar refractivity (Wildman–Crippen MR) is 144 cm³/mol. The second-order valence-corrected chi connectivity index (χ2v) is 10.1. The van der Waals surface area contributed by atoms with Gasteiger partial charge in [0.05, 0.1) is 24.7 Å². The van der Waals surface area contributed by atoms with Crippen molar-refractivity contribution in [2.24, 2.45) is 11.8 Å². The van der Waals surface area contributed by atoms with Crippen molar-refractivity contribution in [3.63, 3.8) is 0 Å². The molecule has 2 N–H and O–H groups in total. The number of likely N-dealkylation sites (tertiary alicyclic amines) is 1. The van der Waals surface area contributed by atoms with Crippen LogP contribution in [0.1, 0.15) is 44.1 Å². The van der Waals surface area contributed by atoms with Crippen molar-refractivity contribution in [2.45, 2.75) is 50.0 Å². The largest absolute Gasteiger partial charge is 0.494 e. The van der Waals surface area contributed by atoms with E-state index in [9.17, 15) is 10.1 Å². The maximum atomic E-state index is 12.2. The Bertz CT molecular complexity index is 1100. The molecule has 0 bridgehead atoms. The van der Waals surface area contributed by atoms with Crippen molar-refractivity contribution in [2.75, 3.05) is 33.3 Å². The first-order chi connectivity index (χ1) is 18.1. The molecular weight excluding hydrogens is 462 g/mol. The molecule has 1 saturated heterocycles. The average molecular weight is 500 g/mol. The SMILES string of the molecule is [C-]#[N+]c1ccc(OCCCN2CCC(C(C#N)(c3ccccc3)[C@@H]3CCCC3NC(=O)NC)CC2)cc1. The molecule has 2 amide bonds. The molecule has 2 aromatic rings. The smallest absolute Gasteiger partial charge is 0.314 e. The van der Waals surface area contributed by atoms with Crippen molar-refractivity contribution in [1.82, 2.24) is 15.5 Å². The minimum Gasteiger partial charge on any atom is -0.494 e. The van der Waals surface area contributed by atoms with E-state index in [1.54, 1.807) is 19.2 Å². The van der Waals surface area contributed by atoms with E-state index in [0.717, 1.165) is 69.5 Å². The maximum Gasteiger partial charge on any atom is 0.314 e. The third-order valence-electron chi connectivity index (χ3n) is 8.17. The van der Waals surface area contributed by atoms with E-state index in [1.165, 1.54) is 0 Å². The second-order valence-electron chi connectivity index (χ2n) is 10.1. The van der Waals surface area contributed by atoms with Crippen LogP contribution in [-0.2, 0) is 5.41 Å². The molecule has 194 valence electrons. The molecule has 37 heavy (non-hydrogen) atoms. The number of piperidine rings is 1. The van der Waals surface area contributed by atoms with Crippen molar-refractivity contribution in [3.05, 3.63) is 71.6 Å². The summed E-state index contributed by atoms with van der Waals surface area (Å²) in [6.45, 7) is 10.6. The first kappa shape index (κ1) is 26.5. The van der Waals surface area contributed by atoms with Gasteiger partial charge in [0.15, 0.2) is 5.69 Å². The molecule has 7 heteroatoms. The van der Waals surface area contributed by atoms with Gasteiger partial charge in [-0.3, -0.25) is 0 Å². The van der Waals surface area contributed by atoms with Gasteiger partial charge >= 0.3 is 6.03 Å². The monoisotopic (exact) mass is 499 g/mol. The van der Waals surface area contributed by atoms with Gasteiger partial charge in [-0.1, -0.05) is 48.9 Å². The fourth-order valence-electron chi connectivity index (χ4n) is 6.33. The molecule has 0 aromatic heterocycles. The highest BCUT2D eigenvalue weighted by molar-refractivity contribution is 5.74. The van der Waals surface area contributed by atoms with Crippen LogP contribution in [0.3, 0.4) is 0 Å². The highest BCUT2D eigenvalue weighted by Crippen LogP contribution is 2.50. The van der Waals surface area contributed by atoms with Gasteiger partial charge < -0.3 is 20.3 Å². The third kappa shape index (κ3) is 6.06. The molecule has 7 nitrogen and oxygen atoms in total. The lowest BCUT2D eigenvalue weighted by Crippen LogP contribution is -2.53. The summed E-state index contributed by atoms with van der Waals surface area (Å²) >= 11 is 0. The van der Waals surface area contributed by atoms with Crippen LogP contribution in [0.25, 0.3) is 4.85 Å². The van der Waals surface area contributed by atoms with Gasteiger partial charge in [-0.2, -0.15) is 5.26 Å². The Hall–Kier alpha value is -3.55. The number of hydrogen-bond acceptors (Lipinski definition) is 4. The van der Waals surface area contributed by atoms with Crippen LogP contribution in [0.5, 0.6) is 5.75 Å². The van der Waals surface area contributed by atoms with Crippen LogP contribution in [0.4, 0.5) is 10.5 Å². The molecule has 4 rings (SSSR count). The van der Waals surface area contributed by atoms with Crippen molar-refractivity contribution in [1.29, 1.82) is 5.26 Å². The Morgan fingerprint density at radius 3 is 2.51 bits per heavy atom. The van der Waals surface area contributed by atoms with Crippen LogP contribution >= 0.6 is 0 Å². The number of carbonyl (C=O) groups excluding carboxylic acids is 1. The maximum absolute atomic E-state index is 12.2. The number of rotatable bonds is 9. The Morgan fingerprint density at radius 1 is 1.14 bits per heavy atom. The molecule has 1 aliphatic carbocycles. The molecule has 1 saturated carbocycles. The van der Waals surface area contributed by atoms with Crippen LogP contribution in [0.15, 0.2) is 54.6 Å². The Balaban J connectivity index is 1.39. The van der Waals surface area contributed by atoms with Gasteiger partial charge in [0.25, 0.3) is 0 Å².